The Morgan fingerprint density at radius 3 is 2.50 bits per heavy atom. The molecule has 2 heterocycles. The van der Waals surface area contributed by atoms with E-state index in [4.69, 9.17) is 0 Å². The zero-order valence-corrected chi connectivity index (χ0v) is 14.5. The van der Waals surface area contributed by atoms with Gasteiger partial charge in [-0.1, -0.05) is 0 Å². The third-order valence-corrected chi connectivity index (χ3v) is 6.19. The molecule has 1 atom stereocenters. The van der Waals surface area contributed by atoms with Crippen molar-refractivity contribution in [1.29, 1.82) is 5.26 Å². The van der Waals surface area contributed by atoms with Gasteiger partial charge in [-0.3, -0.25) is 0 Å². The van der Waals surface area contributed by atoms with Crippen LogP contribution in [0.15, 0.2) is 42.7 Å². The Kier molecular flexibility index (Phi) is 4.17. The Labute approximate surface area is 135 Å². The van der Waals surface area contributed by atoms with Gasteiger partial charge in [-0.25, -0.2) is 0 Å². The maximum atomic E-state index is 9.28. The molecule has 22 heavy (non-hydrogen) atoms. The number of aromatic nitrogens is 3. The third-order valence-electron chi connectivity index (χ3n) is 3.31. The molecule has 5 heteroatoms. The van der Waals surface area contributed by atoms with Gasteiger partial charge in [0.1, 0.15) is 0 Å². The van der Waals surface area contributed by atoms with Gasteiger partial charge in [0, 0.05) is 0 Å². The van der Waals surface area contributed by atoms with Crippen LogP contribution >= 0.6 is 0 Å². The van der Waals surface area contributed by atoms with Gasteiger partial charge in [0.05, 0.1) is 0 Å². The molecule has 2 aromatic heterocycles. The number of rotatable bonds is 3. The van der Waals surface area contributed by atoms with E-state index in [0.717, 1.165) is 26.4 Å². The second kappa shape index (κ2) is 6.25. The molecule has 1 aromatic carbocycles. The summed E-state index contributed by atoms with van der Waals surface area (Å²) in [7, 11) is 0. The van der Waals surface area contributed by atoms with Crippen molar-refractivity contribution in [3.05, 3.63) is 48.4 Å². The van der Waals surface area contributed by atoms with Crippen LogP contribution in [-0.2, 0) is 0 Å². The third kappa shape index (κ3) is 2.86. The number of benzene rings is 1. The average molecular weight is 350 g/mol. The summed E-state index contributed by atoms with van der Waals surface area (Å²) in [5, 5.41) is 18.7. The predicted octanol–water partition coefficient (Wildman–Crippen LogP) is 2.45. The molecule has 0 N–H and O–H groups in total. The summed E-state index contributed by atoms with van der Waals surface area (Å²) in [4.78, 5) is 4.04. The van der Waals surface area contributed by atoms with Crippen LogP contribution in [0.25, 0.3) is 22.0 Å². The van der Waals surface area contributed by atoms with Crippen LogP contribution in [0.4, 0.5) is 0 Å². The van der Waals surface area contributed by atoms with Gasteiger partial charge in [-0.15, -0.1) is 0 Å². The number of pyridine rings is 1. The second-order valence-corrected chi connectivity index (χ2v) is 9.38. The SMILES string of the molecule is CC(C)[AsH]c1c(C#N)nnc2cc(-c3ccncc3)ccc12. The molecule has 0 radical (unpaired) electrons. The predicted molar refractivity (Wildman–Crippen MR) is 89.4 cm³/mol. The van der Waals surface area contributed by atoms with E-state index < -0.39 is 15.8 Å². The zero-order chi connectivity index (χ0) is 15.5. The molecule has 0 bridgehead atoms. The van der Waals surface area contributed by atoms with Crippen LogP contribution < -0.4 is 4.35 Å². The Balaban J connectivity index is 2.17. The molecule has 0 fully saturated rings. The molecule has 0 aliphatic heterocycles. The van der Waals surface area contributed by atoms with Crippen LogP contribution in [0.3, 0.4) is 0 Å². The van der Waals surface area contributed by atoms with E-state index in [1.807, 2.05) is 18.2 Å². The van der Waals surface area contributed by atoms with Crippen molar-refractivity contribution in [3.63, 3.8) is 0 Å². The Hall–Kier alpha value is -2.24. The van der Waals surface area contributed by atoms with E-state index in [2.05, 4.69) is 47.2 Å². The van der Waals surface area contributed by atoms with Crippen molar-refractivity contribution in [3.8, 4) is 17.2 Å². The van der Waals surface area contributed by atoms with Crippen molar-refractivity contribution in [2.45, 2.75) is 18.6 Å². The quantitative estimate of drug-likeness (QED) is 0.681. The molecular formula is C17H15AsN4. The van der Waals surface area contributed by atoms with Crippen molar-refractivity contribution in [2.75, 3.05) is 0 Å². The Morgan fingerprint density at radius 2 is 1.82 bits per heavy atom. The minimum atomic E-state index is -0.411. The van der Waals surface area contributed by atoms with Crippen LogP contribution in [0.2, 0.25) is 4.71 Å². The van der Waals surface area contributed by atoms with Crippen molar-refractivity contribution in [2.24, 2.45) is 0 Å². The van der Waals surface area contributed by atoms with Gasteiger partial charge in [-0.05, 0) is 0 Å². The molecular weight excluding hydrogens is 335 g/mol. The monoisotopic (exact) mass is 350 g/mol. The molecule has 4 nitrogen and oxygen atoms in total. The molecule has 3 aromatic rings. The molecule has 108 valence electrons. The maximum absolute atomic E-state index is 9.28. The first kappa shape index (κ1) is 14.7. The first-order chi connectivity index (χ1) is 10.7. The second-order valence-electron chi connectivity index (χ2n) is 5.30. The van der Waals surface area contributed by atoms with Gasteiger partial charge < -0.3 is 0 Å². The van der Waals surface area contributed by atoms with E-state index in [0.29, 0.717) is 10.4 Å². The number of hydrogen-bond acceptors (Lipinski definition) is 4. The van der Waals surface area contributed by atoms with Gasteiger partial charge in [0.2, 0.25) is 0 Å². The van der Waals surface area contributed by atoms with Crippen molar-refractivity contribution >= 4 is 31.0 Å². The van der Waals surface area contributed by atoms with Crippen molar-refractivity contribution < 1.29 is 0 Å². The number of fused-ring (bicyclic) bond motifs is 1. The molecule has 3 rings (SSSR count). The number of hydrogen-bond donors (Lipinski definition) is 0. The van der Waals surface area contributed by atoms with E-state index in [1.165, 1.54) is 0 Å². The Morgan fingerprint density at radius 1 is 1.05 bits per heavy atom. The molecule has 1 unspecified atom stereocenters. The van der Waals surface area contributed by atoms with Gasteiger partial charge in [0.25, 0.3) is 0 Å². The van der Waals surface area contributed by atoms with Gasteiger partial charge >= 0.3 is 136 Å². The topological polar surface area (TPSA) is 62.5 Å². The first-order valence-electron chi connectivity index (χ1n) is 7.06. The fraction of sp³-hybridized carbons (Fsp3) is 0.176. The van der Waals surface area contributed by atoms with Gasteiger partial charge in [-0.2, -0.15) is 0 Å². The normalized spacial score (nSPS) is 11.4. The standard InChI is InChI=1S/C17H15AsN4/c1-11(2)18-17-14-4-3-13(12-5-7-20-8-6-12)9-15(14)21-22-16(17)10-19/h3-9,11,18H,1-2H3. The molecule has 0 saturated carbocycles. The average Bonchev–Trinajstić information content (AvgIpc) is 2.55. The van der Waals surface area contributed by atoms with Crippen LogP contribution in [0, 0.1) is 11.3 Å². The zero-order valence-electron chi connectivity index (χ0n) is 12.4. The minimum absolute atomic E-state index is 0.411. The van der Waals surface area contributed by atoms with Crippen LogP contribution in [0.1, 0.15) is 19.5 Å². The van der Waals surface area contributed by atoms with E-state index in [9.17, 15) is 5.26 Å². The fourth-order valence-corrected chi connectivity index (χ4v) is 4.83. The first-order valence-corrected chi connectivity index (χ1v) is 9.32. The molecule has 0 amide bonds. The summed E-state index contributed by atoms with van der Waals surface area (Å²) in [5.41, 5.74) is 3.53. The summed E-state index contributed by atoms with van der Waals surface area (Å²) in [6.45, 7) is 4.39. The summed E-state index contributed by atoms with van der Waals surface area (Å²) in [5.74, 6) is 0. The van der Waals surface area contributed by atoms with E-state index in [1.54, 1.807) is 12.4 Å². The van der Waals surface area contributed by atoms with Gasteiger partial charge in [0.15, 0.2) is 0 Å². The molecule has 0 aliphatic carbocycles. The van der Waals surface area contributed by atoms with E-state index >= 15 is 0 Å². The summed E-state index contributed by atoms with van der Waals surface area (Å²) >= 11 is -0.411. The molecule has 0 spiro atoms. The Bertz CT molecular complexity index is 854. The molecule has 0 saturated heterocycles. The van der Waals surface area contributed by atoms with Crippen LogP contribution in [0.5, 0.6) is 0 Å². The summed E-state index contributed by atoms with van der Waals surface area (Å²) in [6, 6.07) is 12.3. The number of nitrogens with zero attached hydrogens (tertiary/aromatic N) is 4. The summed E-state index contributed by atoms with van der Waals surface area (Å²) < 4.78 is 1.70. The fourth-order valence-electron chi connectivity index (χ4n) is 2.34. The number of nitriles is 1. The summed E-state index contributed by atoms with van der Waals surface area (Å²) in [6.07, 6.45) is 3.56. The molecule has 0 aliphatic rings. The van der Waals surface area contributed by atoms with Crippen LogP contribution in [-0.4, -0.2) is 30.9 Å². The van der Waals surface area contributed by atoms with E-state index in [-0.39, 0.29) is 0 Å². The van der Waals surface area contributed by atoms with Crippen molar-refractivity contribution in [1.82, 2.24) is 15.2 Å².